The summed E-state index contributed by atoms with van der Waals surface area (Å²) in [5.74, 6) is 0. The minimum Gasteiger partial charge on any atom is -0.265 e. The summed E-state index contributed by atoms with van der Waals surface area (Å²) in [6.45, 7) is 15.1. The van der Waals surface area contributed by atoms with Gasteiger partial charge in [-0.25, -0.2) is 0 Å². The molecular weight excluding hydrogens is 206 g/mol. The predicted octanol–water partition coefficient (Wildman–Crippen LogP) is 4.97. The van der Waals surface area contributed by atoms with Gasteiger partial charge in [0.15, 0.2) is 0 Å². The van der Waals surface area contributed by atoms with E-state index in [9.17, 15) is 0 Å². The van der Waals surface area contributed by atoms with E-state index in [0.29, 0.717) is 0 Å². The van der Waals surface area contributed by atoms with Crippen molar-refractivity contribution in [3.05, 3.63) is 60.8 Å². The van der Waals surface area contributed by atoms with Gasteiger partial charge in [0.1, 0.15) is 0 Å². The van der Waals surface area contributed by atoms with Crippen LogP contribution < -0.4 is 0 Å². The molecule has 0 aliphatic rings. The van der Waals surface area contributed by atoms with Crippen LogP contribution in [0.4, 0.5) is 0 Å². The van der Waals surface area contributed by atoms with Crippen LogP contribution in [0, 0.1) is 6.92 Å². The maximum atomic E-state index is 3.61. The summed E-state index contributed by atoms with van der Waals surface area (Å²) >= 11 is 0. The molecule has 17 heavy (non-hydrogen) atoms. The number of allylic oxidation sites excluding steroid dienone is 1. The van der Waals surface area contributed by atoms with Crippen LogP contribution in [0.25, 0.3) is 0 Å². The van der Waals surface area contributed by atoms with Crippen molar-refractivity contribution in [2.45, 2.75) is 34.1 Å². The summed E-state index contributed by atoms with van der Waals surface area (Å²) < 4.78 is 0. The number of hydrogen-bond donors (Lipinski definition) is 0. The first kappa shape index (κ1) is 17.8. The van der Waals surface area contributed by atoms with E-state index in [1.165, 1.54) is 17.3 Å². The minimum atomic E-state index is 1.14. The van der Waals surface area contributed by atoms with E-state index in [-0.39, 0.29) is 0 Å². The molecule has 0 amide bonds. The fourth-order valence-electron chi connectivity index (χ4n) is 1.05. The van der Waals surface area contributed by atoms with Gasteiger partial charge in [-0.2, -0.15) is 0 Å². The highest BCUT2D eigenvalue weighted by molar-refractivity contribution is 5.70. The maximum absolute atomic E-state index is 3.61. The normalized spacial score (nSPS) is 8.47. The quantitative estimate of drug-likeness (QED) is 0.651. The van der Waals surface area contributed by atoms with Crippen molar-refractivity contribution in [2.75, 3.05) is 0 Å². The van der Waals surface area contributed by atoms with Crippen molar-refractivity contribution >= 4 is 6.21 Å². The smallest absolute Gasteiger partial charge is 0.0261 e. The van der Waals surface area contributed by atoms with Crippen molar-refractivity contribution in [1.82, 2.24) is 0 Å². The fraction of sp³-hybridized carbons (Fsp3) is 0.312. The van der Waals surface area contributed by atoms with Gasteiger partial charge < -0.3 is 0 Å². The summed E-state index contributed by atoms with van der Waals surface area (Å²) in [5, 5.41) is 0. The van der Waals surface area contributed by atoms with Crippen LogP contribution in [0.2, 0.25) is 0 Å². The average molecular weight is 231 g/mol. The minimum absolute atomic E-state index is 1.14. The molecule has 1 heteroatoms. The van der Waals surface area contributed by atoms with Crippen molar-refractivity contribution in [3.63, 3.8) is 0 Å². The van der Waals surface area contributed by atoms with E-state index in [2.05, 4.69) is 56.3 Å². The Hall–Kier alpha value is -1.63. The summed E-state index contributed by atoms with van der Waals surface area (Å²) in [6.07, 6.45) is 5.78. The second-order valence-corrected chi connectivity index (χ2v) is 3.06. The third-order valence-electron chi connectivity index (χ3n) is 1.79. The van der Waals surface area contributed by atoms with E-state index in [0.717, 1.165) is 6.42 Å². The summed E-state index contributed by atoms with van der Waals surface area (Å²) in [4.78, 5) is 3.61. The van der Waals surface area contributed by atoms with Gasteiger partial charge in [0, 0.05) is 12.4 Å². The van der Waals surface area contributed by atoms with E-state index in [1.807, 2.05) is 13.8 Å². The van der Waals surface area contributed by atoms with Gasteiger partial charge >= 0.3 is 0 Å². The highest BCUT2D eigenvalue weighted by Crippen LogP contribution is 2.03. The number of aryl methyl sites for hydroxylation is 2. The molecule has 1 nitrogen and oxygen atoms in total. The van der Waals surface area contributed by atoms with Crippen LogP contribution in [0.5, 0.6) is 0 Å². The van der Waals surface area contributed by atoms with E-state index >= 15 is 0 Å². The predicted molar refractivity (Wildman–Crippen MR) is 80.8 cm³/mol. The highest BCUT2D eigenvalue weighted by atomic mass is 14.6. The average Bonchev–Trinajstić information content (AvgIpc) is 2.39. The van der Waals surface area contributed by atoms with Gasteiger partial charge in [-0.1, -0.05) is 69.8 Å². The molecule has 0 saturated heterocycles. The molecular formula is C16H25N. The number of nitrogens with zero attached hydrogens (tertiary/aromatic N) is 1. The molecule has 1 aromatic carbocycles. The zero-order valence-electron chi connectivity index (χ0n) is 11.6. The molecule has 0 heterocycles. The molecule has 0 saturated carbocycles. The number of benzene rings is 1. The van der Waals surface area contributed by atoms with Gasteiger partial charge in [-0.05, 0) is 18.9 Å². The van der Waals surface area contributed by atoms with E-state index < -0.39 is 0 Å². The first-order valence-corrected chi connectivity index (χ1v) is 6.05. The number of rotatable bonds is 3. The van der Waals surface area contributed by atoms with Crippen LogP contribution in [0.1, 0.15) is 31.9 Å². The lowest BCUT2D eigenvalue weighted by Crippen LogP contribution is -1.78. The van der Waals surface area contributed by atoms with Crippen molar-refractivity contribution in [2.24, 2.45) is 4.99 Å². The van der Waals surface area contributed by atoms with Gasteiger partial charge in [0.2, 0.25) is 0 Å². The third kappa shape index (κ3) is 12.3. The summed E-state index contributed by atoms with van der Waals surface area (Å²) in [5.41, 5.74) is 2.78. The number of hydrogen-bond acceptors (Lipinski definition) is 1. The Morgan fingerprint density at radius 2 is 1.88 bits per heavy atom. The molecule has 0 fully saturated rings. The second kappa shape index (κ2) is 14.4. The van der Waals surface area contributed by atoms with Crippen molar-refractivity contribution < 1.29 is 0 Å². The third-order valence-corrected chi connectivity index (χ3v) is 1.79. The lowest BCUT2D eigenvalue weighted by atomic mass is 10.1. The molecule has 0 unspecified atom stereocenters. The molecule has 94 valence electrons. The Labute approximate surface area is 107 Å². The Morgan fingerprint density at radius 1 is 1.24 bits per heavy atom. The maximum Gasteiger partial charge on any atom is 0.0261 e. The van der Waals surface area contributed by atoms with Gasteiger partial charge in [0.25, 0.3) is 0 Å². The van der Waals surface area contributed by atoms with Crippen LogP contribution in [-0.4, -0.2) is 6.21 Å². The lowest BCUT2D eigenvalue weighted by Gasteiger charge is -1.95. The summed E-state index contributed by atoms with van der Waals surface area (Å²) in [6, 6.07) is 8.61. The van der Waals surface area contributed by atoms with Crippen molar-refractivity contribution in [3.8, 4) is 0 Å². The molecule has 1 rings (SSSR count). The molecule has 0 radical (unpaired) electrons. The SMILES string of the molecule is C=CC=NC=C.CC.CCc1cccc(C)c1. The summed E-state index contributed by atoms with van der Waals surface area (Å²) in [7, 11) is 0. The molecule has 0 bridgehead atoms. The fourth-order valence-corrected chi connectivity index (χ4v) is 1.05. The second-order valence-electron chi connectivity index (χ2n) is 3.06. The van der Waals surface area contributed by atoms with Crippen molar-refractivity contribution in [1.29, 1.82) is 0 Å². The molecule has 0 N–H and O–H groups in total. The monoisotopic (exact) mass is 231 g/mol. The number of aliphatic imine (C=N–C) groups is 1. The van der Waals surface area contributed by atoms with Gasteiger partial charge in [-0.3, -0.25) is 4.99 Å². The topological polar surface area (TPSA) is 12.4 Å². The van der Waals surface area contributed by atoms with Gasteiger partial charge in [0.05, 0.1) is 0 Å². The van der Waals surface area contributed by atoms with Crippen LogP contribution in [-0.2, 0) is 6.42 Å². The van der Waals surface area contributed by atoms with Crippen LogP contribution >= 0.6 is 0 Å². The Bertz CT molecular complexity index is 314. The molecule has 0 spiro atoms. The first-order valence-electron chi connectivity index (χ1n) is 6.05. The first-order chi connectivity index (χ1) is 8.24. The Balaban J connectivity index is 0. The molecule has 0 aliphatic heterocycles. The highest BCUT2D eigenvalue weighted by Gasteiger charge is 1.85. The zero-order valence-corrected chi connectivity index (χ0v) is 11.6. The van der Waals surface area contributed by atoms with Crippen LogP contribution in [0.3, 0.4) is 0 Å². The van der Waals surface area contributed by atoms with E-state index in [4.69, 9.17) is 0 Å². The molecule has 0 atom stereocenters. The largest absolute Gasteiger partial charge is 0.265 e. The standard InChI is InChI=1S/C9H12.C5H7N.C2H6/c1-3-9-6-4-5-8(2)7-9;1-3-5-6-4-2;1-2/h4-7H,3H2,1-2H3;3-5H,1-2H2;1-2H3. The Kier molecular flexibility index (Phi) is 15.0. The van der Waals surface area contributed by atoms with Crippen LogP contribution in [0.15, 0.2) is 54.7 Å². The van der Waals surface area contributed by atoms with E-state index in [1.54, 1.807) is 12.3 Å². The molecule has 0 aromatic heterocycles. The molecule has 0 aliphatic carbocycles. The van der Waals surface area contributed by atoms with Gasteiger partial charge in [-0.15, -0.1) is 0 Å². The Morgan fingerprint density at radius 3 is 2.18 bits per heavy atom. The zero-order chi connectivity index (χ0) is 13.5. The molecule has 1 aromatic rings. The lowest BCUT2D eigenvalue weighted by molar-refractivity contribution is 1.13.